The lowest BCUT2D eigenvalue weighted by atomic mass is 9.96. The van der Waals surface area contributed by atoms with E-state index in [0.29, 0.717) is 6.04 Å². The molecule has 0 unspecified atom stereocenters. The van der Waals surface area contributed by atoms with E-state index in [1.165, 1.54) is 22.5 Å². The fourth-order valence-electron chi connectivity index (χ4n) is 3.07. The van der Waals surface area contributed by atoms with Crippen molar-refractivity contribution in [1.82, 2.24) is 4.98 Å². The smallest absolute Gasteiger partial charge is 0.0706 e. The van der Waals surface area contributed by atoms with Crippen LogP contribution in [-0.4, -0.2) is 4.98 Å². The number of nitrogens with one attached hydrogen (secondary N) is 1. The van der Waals surface area contributed by atoms with E-state index in [4.69, 9.17) is 4.98 Å². The maximum Gasteiger partial charge on any atom is 0.0706 e. The van der Waals surface area contributed by atoms with Crippen molar-refractivity contribution in [1.29, 1.82) is 0 Å². The van der Waals surface area contributed by atoms with Crippen LogP contribution in [0, 0.1) is 0 Å². The Kier molecular flexibility index (Phi) is 3.36. The molecule has 4 rings (SSSR count). The summed E-state index contributed by atoms with van der Waals surface area (Å²) in [7, 11) is 0. The summed E-state index contributed by atoms with van der Waals surface area (Å²) < 4.78 is 0. The molecule has 108 valence electrons. The van der Waals surface area contributed by atoms with Gasteiger partial charge >= 0.3 is 0 Å². The van der Waals surface area contributed by atoms with E-state index in [1.807, 2.05) is 6.07 Å². The third kappa shape index (κ3) is 2.48. The average Bonchev–Trinajstić information content (AvgIpc) is 2.62. The van der Waals surface area contributed by atoms with E-state index in [0.717, 1.165) is 18.5 Å². The van der Waals surface area contributed by atoms with Crippen molar-refractivity contribution in [2.45, 2.75) is 18.9 Å². The molecule has 1 atom stereocenters. The normalized spacial score (nSPS) is 16.6. The monoisotopic (exact) mass is 286 g/mol. The molecule has 0 spiro atoms. The summed E-state index contributed by atoms with van der Waals surface area (Å²) in [6.45, 7) is 0. The van der Waals surface area contributed by atoms with Crippen LogP contribution < -0.4 is 5.32 Å². The van der Waals surface area contributed by atoms with E-state index >= 15 is 0 Å². The average molecular weight is 286 g/mol. The highest BCUT2D eigenvalue weighted by molar-refractivity contribution is 5.63. The quantitative estimate of drug-likeness (QED) is 0.728. The van der Waals surface area contributed by atoms with E-state index in [-0.39, 0.29) is 0 Å². The molecule has 2 heterocycles. The van der Waals surface area contributed by atoms with Crippen LogP contribution in [0.4, 0.5) is 5.69 Å². The molecular weight excluding hydrogens is 268 g/mol. The van der Waals surface area contributed by atoms with Crippen molar-refractivity contribution >= 4 is 5.69 Å². The molecule has 2 aromatic carbocycles. The van der Waals surface area contributed by atoms with Crippen molar-refractivity contribution in [3.05, 3.63) is 84.1 Å². The minimum Gasteiger partial charge on any atom is -0.377 e. The van der Waals surface area contributed by atoms with E-state index in [1.54, 1.807) is 0 Å². The molecule has 22 heavy (non-hydrogen) atoms. The van der Waals surface area contributed by atoms with Crippen LogP contribution in [0.25, 0.3) is 11.3 Å². The molecule has 2 nitrogen and oxygen atoms in total. The second kappa shape index (κ2) is 5.64. The van der Waals surface area contributed by atoms with Gasteiger partial charge in [0.1, 0.15) is 0 Å². The summed E-state index contributed by atoms with van der Waals surface area (Å²) in [6.07, 6.45) is 2.10. The molecule has 0 bridgehead atoms. The Labute approximate surface area is 130 Å². The number of aryl methyl sites for hydroxylation is 1. The molecule has 0 fully saturated rings. The molecular formula is C20H18N2. The molecule has 1 aliphatic heterocycles. The van der Waals surface area contributed by atoms with Gasteiger partial charge in [-0.05, 0) is 30.5 Å². The van der Waals surface area contributed by atoms with Crippen LogP contribution in [0.15, 0.2) is 72.8 Å². The van der Waals surface area contributed by atoms with Crippen LogP contribution in [0.3, 0.4) is 0 Å². The number of pyridine rings is 1. The molecule has 1 aromatic heterocycles. The van der Waals surface area contributed by atoms with Gasteiger partial charge in [-0.3, -0.25) is 4.98 Å². The summed E-state index contributed by atoms with van der Waals surface area (Å²) in [5.74, 6) is 0. The molecule has 1 aliphatic rings. The zero-order valence-electron chi connectivity index (χ0n) is 12.4. The van der Waals surface area contributed by atoms with Gasteiger partial charge in [0.05, 0.1) is 23.1 Å². The topological polar surface area (TPSA) is 24.9 Å². The number of nitrogens with zero attached hydrogens (tertiary/aromatic N) is 1. The van der Waals surface area contributed by atoms with Gasteiger partial charge in [-0.2, -0.15) is 0 Å². The molecule has 1 N–H and O–H groups in total. The van der Waals surface area contributed by atoms with Crippen LogP contribution in [0.5, 0.6) is 0 Å². The molecule has 0 amide bonds. The van der Waals surface area contributed by atoms with E-state index in [2.05, 4.69) is 72.0 Å². The van der Waals surface area contributed by atoms with Crippen LogP contribution in [0.1, 0.15) is 23.7 Å². The summed E-state index contributed by atoms with van der Waals surface area (Å²) >= 11 is 0. The Morgan fingerprint density at radius 3 is 2.32 bits per heavy atom. The Morgan fingerprint density at radius 2 is 1.55 bits per heavy atom. The number of rotatable bonds is 2. The highest BCUT2D eigenvalue weighted by Crippen LogP contribution is 2.33. The van der Waals surface area contributed by atoms with Gasteiger partial charge < -0.3 is 5.32 Å². The molecule has 0 saturated carbocycles. The minimum absolute atomic E-state index is 0.387. The number of benzene rings is 2. The Morgan fingerprint density at radius 1 is 0.818 bits per heavy atom. The summed E-state index contributed by atoms with van der Waals surface area (Å²) in [4.78, 5) is 4.85. The van der Waals surface area contributed by atoms with Gasteiger partial charge in [-0.15, -0.1) is 0 Å². The van der Waals surface area contributed by atoms with Crippen molar-refractivity contribution in [3.63, 3.8) is 0 Å². The largest absolute Gasteiger partial charge is 0.377 e. The predicted octanol–water partition coefficient (Wildman–Crippen LogP) is 4.85. The van der Waals surface area contributed by atoms with Gasteiger partial charge in [0, 0.05) is 5.56 Å². The van der Waals surface area contributed by atoms with E-state index in [9.17, 15) is 0 Å². The van der Waals surface area contributed by atoms with Crippen molar-refractivity contribution in [3.8, 4) is 11.3 Å². The lowest BCUT2D eigenvalue weighted by molar-refractivity contribution is 0.656. The zero-order chi connectivity index (χ0) is 14.8. The van der Waals surface area contributed by atoms with Crippen molar-refractivity contribution < 1.29 is 0 Å². The maximum absolute atomic E-state index is 4.85. The van der Waals surface area contributed by atoms with Gasteiger partial charge in [-0.1, -0.05) is 60.7 Å². The second-order valence-corrected chi connectivity index (χ2v) is 5.70. The summed E-state index contributed by atoms with van der Waals surface area (Å²) in [6, 6.07) is 25.7. The summed E-state index contributed by atoms with van der Waals surface area (Å²) in [5, 5.41) is 3.63. The van der Waals surface area contributed by atoms with Crippen LogP contribution in [0.2, 0.25) is 0 Å². The number of hydrogen-bond donors (Lipinski definition) is 1. The fraction of sp³-hybridized carbons (Fsp3) is 0.150. The molecule has 0 radical (unpaired) electrons. The Hall–Kier alpha value is -2.61. The molecule has 0 aliphatic carbocycles. The van der Waals surface area contributed by atoms with E-state index < -0.39 is 0 Å². The first-order valence-electron chi connectivity index (χ1n) is 7.77. The lowest BCUT2D eigenvalue weighted by Crippen LogP contribution is -2.19. The third-order valence-electron chi connectivity index (χ3n) is 4.25. The van der Waals surface area contributed by atoms with Gasteiger partial charge in [0.2, 0.25) is 0 Å². The number of aromatic nitrogens is 1. The summed E-state index contributed by atoms with van der Waals surface area (Å²) in [5.41, 5.74) is 5.92. The minimum atomic E-state index is 0.387. The van der Waals surface area contributed by atoms with Crippen molar-refractivity contribution in [2.75, 3.05) is 5.32 Å². The predicted molar refractivity (Wildman–Crippen MR) is 90.8 cm³/mol. The molecule has 3 aromatic rings. The molecule has 0 saturated heterocycles. The van der Waals surface area contributed by atoms with Gasteiger partial charge in [0.25, 0.3) is 0 Å². The first-order chi connectivity index (χ1) is 10.9. The number of fused-ring (bicyclic) bond motifs is 1. The Bertz CT molecular complexity index is 766. The molecule has 2 heteroatoms. The lowest BCUT2D eigenvalue weighted by Gasteiger charge is -2.27. The van der Waals surface area contributed by atoms with Crippen molar-refractivity contribution in [2.24, 2.45) is 0 Å². The zero-order valence-corrected chi connectivity index (χ0v) is 12.4. The SMILES string of the molecule is c1ccc(-c2ccc3c(n2)CC[C@H](c2ccccc2)N3)cc1. The number of anilines is 1. The highest BCUT2D eigenvalue weighted by atomic mass is 15.0. The first-order valence-corrected chi connectivity index (χ1v) is 7.77. The standard InChI is InChI=1S/C20H18N2/c1-3-7-15(8-4-1)17-11-13-20-19(21-17)14-12-18(22-20)16-9-5-2-6-10-16/h1-11,13,18,22H,12,14H2/t18-/m1/s1. The van der Waals surface area contributed by atoms with Crippen LogP contribution >= 0.6 is 0 Å². The maximum atomic E-state index is 4.85. The highest BCUT2D eigenvalue weighted by Gasteiger charge is 2.20. The second-order valence-electron chi connectivity index (χ2n) is 5.70. The fourth-order valence-corrected chi connectivity index (χ4v) is 3.07. The Balaban J connectivity index is 1.62. The third-order valence-corrected chi connectivity index (χ3v) is 4.25. The van der Waals surface area contributed by atoms with Crippen LogP contribution in [-0.2, 0) is 6.42 Å². The van der Waals surface area contributed by atoms with Gasteiger partial charge in [0.15, 0.2) is 0 Å². The number of hydrogen-bond acceptors (Lipinski definition) is 2. The van der Waals surface area contributed by atoms with Gasteiger partial charge in [-0.25, -0.2) is 0 Å². The first kappa shape index (κ1) is 13.1.